The first-order valence-corrected chi connectivity index (χ1v) is 9.46. The van der Waals surface area contributed by atoms with E-state index in [1.807, 2.05) is 0 Å². The summed E-state index contributed by atoms with van der Waals surface area (Å²) in [5, 5.41) is 9.28. The van der Waals surface area contributed by atoms with Gasteiger partial charge in [-0.15, -0.1) is 0 Å². The largest absolute Gasteiger partial charge is 1.00 e. The van der Waals surface area contributed by atoms with E-state index in [-0.39, 0.29) is 17.0 Å². The molecule has 0 bridgehead atoms. The molecule has 0 heterocycles. The van der Waals surface area contributed by atoms with Gasteiger partial charge in [0.15, 0.2) is 4.90 Å². The molecule has 0 fully saturated rings. The van der Waals surface area contributed by atoms with E-state index in [2.05, 4.69) is 25.3 Å². The number of halogens is 1. The van der Waals surface area contributed by atoms with E-state index >= 15 is 0 Å². The molecule has 3 heteroatoms. The highest BCUT2D eigenvalue weighted by molar-refractivity contribution is 7.96. The van der Waals surface area contributed by atoms with Crippen molar-refractivity contribution in [2.24, 2.45) is 0 Å². The zero-order valence-corrected chi connectivity index (χ0v) is 15.3. The molecule has 0 aromatic heterocycles. The third-order valence-corrected chi connectivity index (χ3v) is 5.52. The summed E-state index contributed by atoms with van der Waals surface area (Å²) < 4.78 is 0. The Morgan fingerprint density at radius 2 is 1.35 bits per heavy atom. The van der Waals surface area contributed by atoms with Crippen LogP contribution in [0.2, 0.25) is 0 Å². The van der Waals surface area contributed by atoms with Gasteiger partial charge in [-0.25, -0.2) is 0 Å². The number of hydrogen-bond donors (Lipinski definition) is 1. The average molecular weight is 361 g/mol. The van der Waals surface area contributed by atoms with Crippen molar-refractivity contribution in [3.63, 3.8) is 0 Å². The van der Waals surface area contributed by atoms with Gasteiger partial charge in [0.2, 0.25) is 0 Å². The van der Waals surface area contributed by atoms with Crippen molar-refractivity contribution in [2.45, 2.75) is 63.2 Å². The van der Waals surface area contributed by atoms with Crippen LogP contribution in [0.25, 0.3) is 0 Å². The van der Waals surface area contributed by atoms with Crippen LogP contribution in [0, 0.1) is 0 Å². The van der Waals surface area contributed by atoms with Crippen LogP contribution in [0.4, 0.5) is 0 Å². The Morgan fingerprint density at radius 3 is 1.90 bits per heavy atom. The fourth-order valence-corrected chi connectivity index (χ4v) is 3.72. The van der Waals surface area contributed by atoms with Crippen LogP contribution in [-0.2, 0) is 10.9 Å². The van der Waals surface area contributed by atoms with Crippen molar-refractivity contribution in [3.8, 4) is 5.75 Å². The van der Waals surface area contributed by atoms with Gasteiger partial charge in [0.25, 0.3) is 0 Å². The predicted molar refractivity (Wildman–Crippen MR) is 87.1 cm³/mol. The maximum absolute atomic E-state index is 9.28. The average Bonchev–Trinajstić information content (AvgIpc) is 2.42. The second-order valence-corrected chi connectivity index (χ2v) is 7.46. The van der Waals surface area contributed by atoms with Gasteiger partial charge in [-0.05, 0) is 37.1 Å². The third kappa shape index (κ3) is 8.91. The zero-order valence-electron chi connectivity index (χ0n) is 12.9. The lowest BCUT2D eigenvalue weighted by atomic mass is 10.1. The summed E-state index contributed by atoms with van der Waals surface area (Å²) in [6, 6.07) is 7.71. The summed E-state index contributed by atoms with van der Waals surface area (Å²) in [5.41, 5.74) is 0. The van der Waals surface area contributed by atoms with Crippen molar-refractivity contribution < 1.29 is 22.1 Å². The molecule has 1 aromatic rings. The molecule has 0 aliphatic heterocycles. The lowest BCUT2D eigenvalue weighted by Gasteiger charge is -2.04. The summed E-state index contributed by atoms with van der Waals surface area (Å²) in [7, 11) is 0.337. The second-order valence-electron chi connectivity index (χ2n) is 5.31. The van der Waals surface area contributed by atoms with Gasteiger partial charge in [-0.1, -0.05) is 45.4 Å². The van der Waals surface area contributed by atoms with E-state index in [9.17, 15) is 5.11 Å². The van der Waals surface area contributed by atoms with Gasteiger partial charge in [0, 0.05) is 10.9 Å². The number of phenols is 1. The standard InChI is InChI=1S/C17H28OS.BrH/c1-3-4-5-6-7-8-9-10-15-19(2)17-13-11-16(18)12-14-17;/h11-14H,3-10,15H2,1-2H3;1H. The first-order valence-electron chi connectivity index (χ1n) is 7.65. The molecular formula is C17H29BrOS. The first kappa shape index (κ1) is 19.9. The summed E-state index contributed by atoms with van der Waals surface area (Å²) in [5.74, 6) is 1.66. The van der Waals surface area contributed by atoms with E-state index in [4.69, 9.17) is 0 Å². The van der Waals surface area contributed by atoms with Gasteiger partial charge in [0.1, 0.15) is 17.8 Å². The van der Waals surface area contributed by atoms with Crippen LogP contribution in [0.1, 0.15) is 58.3 Å². The number of unbranched alkanes of at least 4 members (excludes halogenated alkanes) is 7. The predicted octanol–water partition coefficient (Wildman–Crippen LogP) is 2.14. The molecule has 1 unspecified atom stereocenters. The van der Waals surface area contributed by atoms with Crippen molar-refractivity contribution in [1.29, 1.82) is 0 Å². The fraction of sp³-hybridized carbons (Fsp3) is 0.647. The van der Waals surface area contributed by atoms with E-state index in [1.54, 1.807) is 12.1 Å². The van der Waals surface area contributed by atoms with Gasteiger partial charge in [-0.3, -0.25) is 0 Å². The van der Waals surface area contributed by atoms with Gasteiger partial charge in [-0.2, -0.15) is 0 Å². The zero-order chi connectivity index (χ0) is 13.9. The Morgan fingerprint density at radius 1 is 0.850 bits per heavy atom. The van der Waals surface area contributed by atoms with Crippen molar-refractivity contribution in [1.82, 2.24) is 0 Å². The summed E-state index contributed by atoms with van der Waals surface area (Å²) in [4.78, 5) is 1.38. The molecule has 0 saturated carbocycles. The van der Waals surface area contributed by atoms with Crippen molar-refractivity contribution >= 4 is 10.9 Å². The molecule has 0 spiro atoms. The van der Waals surface area contributed by atoms with Gasteiger partial charge < -0.3 is 22.1 Å². The molecule has 1 nitrogen and oxygen atoms in total. The van der Waals surface area contributed by atoms with Crippen molar-refractivity contribution in [2.75, 3.05) is 12.0 Å². The van der Waals surface area contributed by atoms with Crippen LogP contribution in [0.3, 0.4) is 0 Å². The number of aromatic hydroxyl groups is 1. The number of rotatable bonds is 10. The Labute approximate surface area is 138 Å². The molecule has 1 atom stereocenters. The maximum atomic E-state index is 9.28. The Kier molecular flexibility index (Phi) is 12.5. The molecule has 0 radical (unpaired) electrons. The SMILES string of the molecule is CCCCCCCCCC[S+](C)c1ccc(O)cc1.[Br-]. The van der Waals surface area contributed by atoms with Crippen LogP contribution in [-0.4, -0.2) is 17.1 Å². The lowest BCUT2D eigenvalue weighted by molar-refractivity contribution is -0.00000520. The molecule has 0 saturated heterocycles. The highest BCUT2D eigenvalue weighted by atomic mass is 79.9. The minimum absolute atomic E-state index is 0. The lowest BCUT2D eigenvalue weighted by Crippen LogP contribution is -3.00. The molecule has 1 N–H and O–H groups in total. The summed E-state index contributed by atoms with van der Waals surface area (Å²) in [6.45, 7) is 2.27. The molecule has 20 heavy (non-hydrogen) atoms. The third-order valence-electron chi connectivity index (χ3n) is 3.54. The van der Waals surface area contributed by atoms with E-state index in [0.29, 0.717) is 16.6 Å². The monoisotopic (exact) mass is 360 g/mol. The second kappa shape index (κ2) is 12.6. The fourth-order valence-electron chi connectivity index (χ4n) is 2.25. The molecule has 0 aliphatic rings. The van der Waals surface area contributed by atoms with Crippen LogP contribution >= 0.6 is 0 Å². The van der Waals surface area contributed by atoms with Crippen LogP contribution in [0.15, 0.2) is 29.2 Å². The van der Waals surface area contributed by atoms with Gasteiger partial charge >= 0.3 is 0 Å². The smallest absolute Gasteiger partial charge is 0.154 e. The Balaban J connectivity index is 0.00000361. The van der Waals surface area contributed by atoms with E-state index in [1.165, 1.54) is 62.0 Å². The summed E-state index contributed by atoms with van der Waals surface area (Å²) >= 11 is 0. The highest BCUT2D eigenvalue weighted by Crippen LogP contribution is 2.17. The minimum Gasteiger partial charge on any atom is -1.00 e. The van der Waals surface area contributed by atoms with E-state index < -0.39 is 0 Å². The Bertz CT molecular complexity index is 326. The normalized spacial score (nSPS) is 11.9. The molecule has 0 aliphatic carbocycles. The number of hydrogen-bond acceptors (Lipinski definition) is 1. The molecule has 1 rings (SSSR count). The highest BCUT2D eigenvalue weighted by Gasteiger charge is 2.14. The minimum atomic E-state index is 0. The molecular weight excluding hydrogens is 332 g/mol. The van der Waals surface area contributed by atoms with E-state index in [0.717, 1.165) is 0 Å². The summed E-state index contributed by atoms with van der Waals surface area (Å²) in [6.07, 6.45) is 13.4. The molecule has 1 aromatic carbocycles. The molecule has 116 valence electrons. The Hall–Kier alpha value is -0.150. The maximum Gasteiger partial charge on any atom is 0.154 e. The van der Waals surface area contributed by atoms with Crippen LogP contribution < -0.4 is 17.0 Å². The van der Waals surface area contributed by atoms with Crippen LogP contribution in [0.5, 0.6) is 5.75 Å². The van der Waals surface area contributed by atoms with Crippen molar-refractivity contribution in [3.05, 3.63) is 24.3 Å². The molecule has 0 amide bonds. The van der Waals surface area contributed by atoms with Gasteiger partial charge in [0.05, 0.1) is 0 Å². The first-order chi connectivity index (χ1) is 9.24. The quantitative estimate of drug-likeness (QED) is 0.500. The topological polar surface area (TPSA) is 20.2 Å². The number of phenolic OH excluding ortho intramolecular Hbond substituents is 1. The number of benzene rings is 1.